The summed E-state index contributed by atoms with van der Waals surface area (Å²) in [7, 11) is 0. The summed E-state index contributed by atoms with van der Waals surface area (Å²) < 4.78 is 0.890. The zero-order valence-corrected chi connectivity index (χ0v) is 12.0. The molecular weight excluding hydrogens is 351 g/mol. The molecule has 6 heteroatoms. The molecule has 2 aromatic rings. The monoisotopic (exact) mass is 360 g/mol. The number of aryl methyl sites for hydroxylation is 1. The van der Waals surface area contributed by atoms with Crippen molar-refractivity contribution in [2.45, 2.75) is 13.3 Å². The molecule has 0 aromatic carbocycles. The molecule has 2 rings (SSSR count). The Morgan fingerprint density at radius 1 is 1.41 bits per heavy atom. The number of aromatic nitrogens is 3. The first-order chi connectivity index (χ1) is 8.13. The first-order valence-electron chi connectivity index (χ1n) is 5.06. The second kappa shape index (κ2) is 5.14. The predicted octanol–water partition coefficient (Wildman–Crippen LogP) is 2.94. The molecule has 0 aliphatic carbocycles. The lowest BCUT2D eigenvalue weighted by molar-refractivity contribution is 0.988. The van der Waals surface area contributed by atoms with Crippen molar-refractivity contribution in [1.29, 1.82) is 0 Å². The zero-order valence-electron chi connectivity index (χ0n) is 9.11. The van der Waals surface area contributed by atoms with E-state index >= 15 is 0 Å². The lowest BCUT2D eigenvalue weighted by atomic mass is 10.3. The van der Waals surface area contributed by atoms with Gasteiger partial charge in [0.1, 0.15) is 11.5 Å². The van der Waals surface area contributed by atoms with Crippen molar-refractivity contribution < 1.29 is 0 Å². The summed E-state index contributed by atoms with van der Waals surface area (Å²) in [4.78, 5) is 12.8. The molecule has 0 atom stereocenters. The molecule has 0 fully saturated rings. The Morgan fingerprint density at radius 2 is 2.18 bits per heavy atom. The number of anilines is 1. The van der Waals surface area contributed by atoms with Gasteiger partial charge in [-0.15, -0.1) is 0 Å². The molecule has 0 saturated carbocycles. The minimum atomic E-state index is 0.467. The standard InChI is InChI=1S/C11H10ClIN4/c1-2-7-8(13)10(14)17-11(16-7)9-6(12)4-3-5-15-9/h3-5H,2H2,1H3,(H2,14,16,17). The van der Waals surface area contributed by atoms with Crippen LogP contribution in [0.15, 0.2) is 18.3 Å². The van der Waals surface area contributed by atoms with Crippen molar-refractivity contribution in [3.63, 3.8) is 0 Å². The Balaban J connectivity index is 2.61. The minimum Gasteiger partial charge on any atom is -0.383 e. The number of hydrogen-bond acceptors (Lipinski definition) is 4. The van der Waals surface area contributed by atoms with Gasteiger partial charge in [0.15, 0.2) is 5.82 Å². The molecule has 2 aromatic heterocycles. The van der Waals surface area contributed by atoms with Gasteiger partial charge in [-0.05, 0) is 41.1 Å². The van der Waals surface area contributed by atoms with Crippen molar-refractivity contribution in [2.24, 2.45) is 0 Å². The highest BCUT2D eigenvalue weighted by molar-refractivity contribution is 14.1. The third kappa shape index (κ3) is 2.50. The molecule has 4 nitrogen and oxygen atoms in total. The van der Waals surface area contributed by atoms with Gasteiger partial charge < -0.3 is 5.73 Å². The van der Waals surface area contributed by atoms with Gasteiger partial charge in [-0.25, -0.2) is 9.97 Å². The molecular formula is C11H10ClIN4. The van der Waals surface area contributed by atoms with Crippen LogP contribution < -0.4 is 5.73 Å². The Morgan fingerprint density at radius 3 is 2.82 bits per heavy atom. The summed E-state index contributed by atoms with van der Waals surface area (Å²) in [6.07, 6.45) is 2.45. The Kier molecular flexibility index (Phi) is 3.78. The fourth-order valence-corrected chi connectivity index (χ4v) is 2.23. The van der Waals surface area contributed by atoms with Crippen molar-refractivity contribution in [3.8, 4) is 11.5 Å². The van der Waals surface area contributed by atoms with E-state index in [2.05, 4.69) is 37.5 Å². The van der Waals surface area contributed by atoms with Crippen LogP contribution in [0.3, 0.4) is 0 Å². The largest absolute Gasteiger partial charge is 0.383 e. The smallest absolute Gasteiger partial charge is 0.182 e. The van der Waals surface area contributed by atoms with E-state index in [0.717, 1.165) is 15.7 Å². The summed E-state index contributed by atoms with van der Waals surface area (Å²) in [6.45, 7) is 2.02. The van der Waals surface area contributed by atoms with Gasteiger partial charge in [0, 0.05) is 6.20 Å². The van der Waals surface area contributed by atoms with Crippen LogP contribution in [0.5, 0.6) is 0 Å². The number of hydrogen-bond donors (Lipinski definition) is 1. The van der Waals surface area contributed by atoms with Crippen LogP contribution in [0, 0.1) is 3.57 Å². The summed E-state index contributed by atoms with van der Waals surface area (Å²) in [5.74, 6) is 0.944. The Hall–Kier alpha value is -0.950. The second-order valence-electron chi connectivity index (χ2n) is 3.38. The third-order valence-electron chi connectivity index (χ3n) is 2.25. The van der Waals surface area contributed by atoms with E-state index in [9.17, 15) is 0 Å². The number of nitrogens with zero attached hydrogens (tertiary/aromatic N) is 3. The van der Waals surface area contributed by atoms with E-state index < -0.39 is 0 Å². The van der Waals surface area contributed by atoms with Crippen molar-refractivity contribution in [3.05, 3.63) is 32.6 Å². The van der Waals surface area contributed by atoms with Gasteiger partial charge in [-0.2, -0.15) is 0 Å². The van der Waals surface area contributed by atoms with Crippen LogP contribution in [0.4, 0.5) is 5.82 Å². The lowest BCUT2D eigenvalue weighted by Crippen LogP contribution is -2.05. The maximum atomic E-state index is 6.06. The fourth-order valence-electron chi connectivity index (χ4n) is 1.40. The maximum Gasteiger partial charge on any atom is 0.182 e. The van der Waals surface area contributed by atoms with E-state index in [1.807, 2.05) is 6.92 Å². The first kappa shape index (κ1) is 12.5. The van der Waals surface area contributed by atoms with Gasteiger partial charge in [-0.1, -0.05) is 18.5 Å². The summed E-state index contributed by atoms with van der Waals surface area (Å²) in [6, 6.07) is 3.52. The molecule has 0 aliphatic rings. The highest BCUT2D eigenvalue weighted by Crippen LogP contribution is 2.25. The van der Waals surface area contributed by atoms with Crippen LogP contribution in [0.25, 0.3) is 11.5 Å². The SMILES string of the molecule is CCc1nc(-c2ncccc2Cl)nc(N)c1I. The van der Waals surface area contributed by atoms with Gasteiger partial charge in [0.05, 0.1) is 14.3 Å². The topological polar surface area (TPSA) is 64.7 Å². The average Bonchev–Trinajstić information content (AvgIpc) is 2.33. The number of rotatable bonds is 2. The fraction of sp³-hybridized carbons (Fsp3) is 0.182. The van der Waals surface area contributed by atoms with Gasteiger partial charge >= 0.3 is 0 Å². The van der Waals surface area contributed by atoms with Gasteiger partial charge in [-0.3, -0.25) is 4.98 Å². The molecule has 0 saturated heterocycles. The molecule has 0 unspecified atom stereocenters. The minimum absolute atomic E-state index is 0.467. The van der Waals surface area contributed by atoms with E-state index in [4.69, 9.17) is 17.3 Å². The highest BCUT2D eigenvalue weighted by Gasteiger charge is 2.13. The van der Waals surface area contributed by atoms with E-state index in [0.29, 0.717) is 22.4 Å². The van der Waals surface area contributed by atoms with Crippen molar-refractivity contribution >= 4 is 40.0 Å². The molecule has 88 valence electrons. The van der Waals surface area contributed by atoms with Gasteiger partial charge in [0.25, 0.3) is 0 Å². The van der Waals surface area contributed by atoms with Crippen molar-refractivity contribution in [2.75, 3.05) is 5.73 Å². The molecule has 0 aliphatic heterocycles. The predicted molar refractivity (Wildman–Crippen MR) is 76.8 cm³/mol. The molecule has 0 bridgehead atoms. The number of pyridine rings is 1. The number of nitrogen functional groups attached to an aromatic ring is 1. The quantitative estimate of drug-likeness (QED) is 0.836. The van der Waals surface area contributed by atoms with Crippen LogP contribution in [-0.2, 0) is 6.42 Å². The van der Waals surface area contributed by atoms with Crippen LogP contribution in [0.2, 0.25) is 5.02 Å². The van der Waals surface area contributed by atoms with Crippen molar-refractivity contribution in [1.82, 2.24) is 15.0 Å². The highest BCUT2D eigenvalue weighted by atomic mass is 127. The van der Waals surface area contributed by atoms with Crippen LogP contribution in [-0.4, -0.2) is 15.0 Å². The second-order valence-corrected chi connectivity index (χ2v) is 4.87. The van der Waals surface area contributed by atoms with Gasteiger partial charge in [0.2, 0.25) is 0 Å². The lowest BCUT2D eigenvalue weighted by Gasteiger charge is -2.07. The number of nitrogens with two attached hydrogens (primary N) is 1. The Bertz CT molecular complexity index is 559. The van der Waals surface area contributed by atoms with E-state index in [1.165, 1.54) is 0 Å². The maximum absolute atomic E-state index is 6.06. The molecule has 0 spiro atoms. The molecule has 0 amide bonds. The Labute approximate surface area is 118 Å². The molecule has 2 N–H and O–H groups in total. The first-order valence-corrected chi connectivity index (χ1v) is 6.52. The average molecular weight is 361 g/mol. The van der Waals surface area contributed by atoms with E-state index in [-0.39, 0.29) is 0 Å². The summed E-state index contributed by atoms with van der Waals surface area (Å²) >= 11 is 8.21. The van der Waals surface area contributed by atoms with Crippen LogP contribution >= 0.6 is 34.2 Å². The van der Waals surface area contributed by atoms with E-state index in [1.54, 1.807) is 18.3 Å². The molecule has 0 radical (unpaired) electrons. The molecule has 17 heavy (non-hydrogen) atoms. The summed E-state index contributed by atoms with van der Waals surface area (Å²) in [5.41, 5.74) is 7.33. The zero-order chi connectivity index (χ0) is 12.4. The number of halogens is 2. The third-order valence-corrected chi connectivity index (χ3v) is 3.73. The molecule has 2 heterocycles. The van der Waals surface area contributed by atoms with Crippen LogP contribution in [0.1, 0.15) is 12.6 Å². The normalized spacial score (nSPS) is 10.5. The summed E-state index contributed by atoms with van der Waals surface area (Å²) in [5, 5.41) is 0.523.